The highest BCUT2D eigenvalue weighted by Crippen LogP contribution is 2.24. The first-order valence-corrected chi connectivity index (χ1v) is 7.77. The summed E-state index contributed by atoms with van der Waals surface area (Å²) in [6.45, 7) is 5.54. The molecule has 1 aromatic carbocycles. The molecule has 6 heteroatoms. The zero-order valence-corrected chi connectivity index (χ0v) is 12.3. The van der Waals surface area contributed by atoms with Gasteiger partial charge in [0.15, 0.2) is 0 Å². The van der Waals surface area contributed by atoms with Crippen LogP contribution >= 0.6 is 0 Å². The van der Waals surface area contributed by atoms with Crippen molar-refractivity contribution >= 4 is 10.0 Å². The van der Waals surface area contributed by atoms with Crippen LogP contribution in [0.25, 0.3) is 0 Å². The van der Waals surface area contributed by atoms with Crippen LogP contribution in [-0.2, 0) is 10.0 Å². The molecule has 2 rings (SSSR count). The number of hydrogen-bond acceptors (Lipinski definition) is 4. The Balaban J connectivity index is 2.31. The van der Waals surface area contributed by atoms with Crippen molar-refractivity contribution in [2.75, 3.05) is 26.7 Å². The molecule has 0 bridgehead atoms. The van der Waals surface area contributed by atoms with E-state index < -0.39 is 10.0 Å². The van der Waals surface area contributed by atoms with Crippen LogP contribution in [0.3, 0.4) is 0 Å². The summed E-state index contributed by atoms with van der Waals surface area (Å²) in [4.78, 5) is 0.333. The lowest BCUT2D eigenvalue weighted by Gasteiger charge is -2.31. The molecule has 1 atom stereocenters. The molecular weight excluding hydrogens is 264 g/mol. The first kappa shape index (κ1) is 14.3. The van der Waals surface area contributed by atoms with Crippen molar-refractivity contribution in [1.82, 2.24) is 9.62 Å². The Hall–Kier alpha value is -1.11. The molecule has 1 N–H and O–H groups in total. The zero-order valence-electron chi connectivity index (χ0n) is 11.5. The maximum Gasteiger partial charge on any atom is 0.243 e. The molecule has 1 aliphatic heterocycles. The topological polar surface area (TPSA) is 58.6 Å². The predicted octanol–water partition coefficient (Wildman–Crippen LogP) is 0.986. The summed E-state index contributed by atoms with van der Waals surface area (Å²) in [5, 5.41) is 3.24. The number of hydrogen-bond donors (Lipinski definition) is 1. The van der Waals surface area contributed by atoms with Gasteiger partial charge < -0.3 is 10.1 Å². The number of ether oxygens (including phenoxy) is 1. The van der Waals surface area contributed by atoms with Crippen LogP contribution in [0.5, 0.6) is 5.75 Å². The molecule has 1 fully saturated rings. The van der Waals surface area contributed by atoms with Crippen molar-refractivity contribution in [2.24, 2.45) is 0 Å². The van der Waals surface area contributed by atoms with Crippen LogP contribution in [0.4, 0.5) is 0 Å². The highest BCUT2D eigenvalue weighted by molar-refractivity contribution is 7.89. The quantitative estimate of drug-likeness (QED) is 0.899. The van der Waals surface area contributed by atoms with E-state index in [1.807, 2.05) is 13.8 Å². The Morgan fingerprint density at radius 3 is 2.74 bits per heavy atom. The third-order valence-electron chi connectivity index (χ3n) is 3.34. The Bertz CT molecular complexity index is 557. The number of benzene rings is 1. The van der Waals surface area contributed by atoms with E-state index in [4.69, 9.17) is 4.74 Å². The molecule has 1 aromatic rings. The van der Waals surface area contributed by atoms with Crippen LogP contribution in [0.1, 0.15) is 12.5 Å². The van der Waals surface area contributed by atoms with E-state index in [0.717, 1.165) is 5.56 Å². The number of nitrogens with zero attached hydrogens (tertiary/aromatic N) is 1. The number of methoxy groups -OCH3 is 1. The Labute approximate surface area is 114 Å². The van der Waals surface area contributed by atoms with Crippen molar-refractivity contribution in [2.45, 2.75) is 24.8 Å². The van der Waals surface area contributed by atoms with Gasteiger partial charge in [-0.3, -0.25) is 0 Å². The summed E-state index contributed by atoms with van der Waals surface area (Å²) >= 11 is 0. The molecule has 0 aromatic heterocycles. The molecule has 1 heterocycles. The Morgan fingerprint density at radius 2 is 2.16 bits per heavy atom. The van der Waals surface area contributed by atoms with Gasteiger partial charge in [0.1, 0.15) is 5.75 Å². The molecule has 106 valence electrons. The monoisotopic (exact) mass is 284 g/mol. The summed E-state index contributed by atoms with van der Waals surface area (Å²) in [6.07, 6.45) is 0. The summed E-state index contributed by atoms with van der Waals surface area (Å²) in [6, 6.07) is 5.16. The third kappa shape index (κ3) is 2.91. The minimum atomic E-state index is -3.40. The van der Waals surface area contributed by atoms with E-state index in [-0.39, 0.29) is 6.04 Å². The van der Waals surface area contributed by atoms with Gasteiger partial charge in [0, 0.05) is 25.7 Å². The molecule has 0 radical (unpaired) electrons. The molecule has 1 saturated heterocycles. The normalized spacial score (nSPS) is 21.3. The minimum Gasteiger partial charge on any atom is -0.496 e. The van der Waals surface area contributed by atoms with Gasteiger partial charge in [-0.1, -0.05) is 0 Å². The van der Waals surface area contributed by atoms with Crippen LogP contribution < -0.4 is 10.1 Å². The standard InChI is InChI=1S/C13H20N2O3S/c1-10-8-12(4-5-13(10)18-3)19(16,17)15-7-6-14-11(2)9-15/h4-5,8,11,14H,6-7,9H2,1-3H3. The molecular formula is C13H20N2O3S. The molecule has 1 unspecified atom stereocenters. The third-order valence-corrected chi connectivity index (χ3v) is 5.20. The largest absolute Gasteiger partial charge is 0.496 e. The molecule has 0 amide bonds. The van der Waals surface area contributed by atoms with Crippen LogP contribution in [0, 0.1) is 6.92 Å². The highest BCUT2D eigenvalue weighted by Gasteiger charge is 2.28. The van der Waals surface area contributed by atoms with Crippen LogP contribution in [0.15, 0.2) is 23.1 Å². The smallest absolute Gasteiger partial charge is 0.243 e. The van der Waals surface area contributed by atoms with E-state index in [1.54, 1.807) is 25.3 Å². The SMILES string of the molecule is COc1ccc(S(=O)(=O)N2CCNC(C)C2)cc1C. The number of piperazine rings is 1. The summed E-state index contributed by atoms with van der Waals surface area (Å²) < 4.78 is 31.8. The molecule has 5 nitrogen and oxygen atoms in total. The summed E-state index contributed by atoms with van der Waals surface area (Å²) in [5.41, 5.74) is 0.826. The van der Waals surface area contributed by atoms with Gasteiger partial charge in [-0.15, -0.1) is 0 Å². The average Bonchev–Trinajstić information content (AvgIpc) is 2.38. The second-order valence-electron chi connectivity index (χ2n) is 4.85. The Kier molecular flexibility index (Phi) is 4.13. The fourth-order valence-corrected chi connectivity index (χ4v) is 3.89. The molecule has 0 aliphatic carbocycles. The van der Waals surface area contributed by atoms with Crippen molar-refractivity contribution < 1.29 is 13.2 Å². The molecule has 19 heavy (non-hydrogen) atoms. The second-order valence-corrected chi connectivity index (χ2v) is 6.79. The fourth-order valence-electron chi connectivity index (χ4n) is 2.28. The van der Waals surface area contributed by atoms with E-state index in [2.05, 4.69) is 5.32 Å². The molecule has 1 aliphatic rings. The number of sulfonamides is 1. The fraction of sp³-hybridized carbons (Fsp3) is 0.538. The van der Waals surface area contributed by atoms with Gasteiger partial charge in [0.2, 0.25) is 10.0 Å². The lowest BCUT2D eigenvalue weighted by Crippen LogP contribution is -2.51. The number of rotatable bonds is 3. The van der Waals surface area contributed by atoms with Gasteiger partial charge in [0.25, 0.3) is 0 Å². The van der Waals surface area contributed by atoms with Gasteiger partial charge in [0.05, 0.1) is 12.0 Å². The van der Waals surface area contributed by atoms with E-state index in [1.165, 1.54) is 4.31 Å². The van der Waals surface area contributed by atoms with Crippen molar-refractivity contribution in [1.29, 1.82) is 0 Å². The Morgan fingerprint density at radius 1 is 1.42 bits per heavy atom. The van der Waals surface area contributed by atoms with Crippen molar-refractivity contribution in [3.8, 4) is 5.75 Å². The van der Waals surface area contributed by atoms with E-state index in [9.17, 15) is 8.42 Å². The maximum absolute atomic E-state index is 12.5. The lowest BCUT2D eigenvalue weighted by atomic mass is 10.2. The maximum atomic E-state index is 12.5. The number of aryl methyl sites for hydroxylation is 1. The van der Waals surface area contributed by atoms with E-state index in [0.29, 0.717) is 30.3 Å². The first-order chi connectivity index (χ1) is 8.95. The zero-order chi connectivity index (χ0) is 14.0. The average molecular weight is 284 g/mol. The van der Waals surface area contributed by atoms with Crippen molar-refractivity contribution in [3.63, 3.8) is 0 Å². The summed E-state index contributed by atoms with van der Waals surface area (Å²) in [5.74, 6) is 0.702. The van der Waals surface area contributed by atoms with Crippen LogP contribution in [0.2, 0.25) is 0 Å². The lowest BCUT2D eigenvalue weighted by molar-refractivity contribution is 0.310. The van der Waals surface area contributed by atoms with Gasteiger partial charge >= 0.3 is 0 Å². The van der Waals surface area contributed by atoms with E-state index >= 15 is 0 Å². The summed E-state index contributed by atoms with van der Waals surface area (Å²) in [7, 11) is -1.83. The second kappa shape index (κ2) is 5.48. The van der Waals surface area contributed by atoms with Crippen LogP contribution in [-0.4, -0.2) is 45.5 Å². The molecule has 0 saturated carbocycles. The number of nitrogens with one attached hydrogen (secondary N) is 1. The highest BCUT2D eigenvalue weighted by atomic mass is 32.2. The van der Waals surface area contributed by atoms with Crippen molar-refractivity contribution in [3.05, 3.63) is 23.8 Å². The predicted molar refractivity (Wildman–Crippen MR) is 74.0 cm³/mol. The van der Waals surface area contributed by atoms with Gasteiger partial charge in [-0.25, -0.2) is 8.42 Å². The van der Waals surface area contributed by atoms with Gasteiger partial charge in [-0.05, 0) is 37.6 Å². The first-order valence-electron chi connectivity index (χ1n) is 6.33. The molecule has 0 spiro atoms. The van der Waals surface area contributed by atoms with Gasteiger partial charge in [-0.2, -0.15) is 4.31 Å². The minimum absolute atomic E-state index is 0.183.